The van der Waals surface area contributed by atoms with Crippen molar-refractivity contribution in [3.63, 3.8) is 0 Å². The van der Waals surface area contributed by atoms with Crippen LogP contribution in [0, 0.1) is 13.8 Å². The van der Waals surface area contributed by atoms with Crippen molar-refractivity contribution < 1.29 is 19.1 Å². The first-order valence-corrected chi connectivity index (χ1v) is 14.1. The second-order valence-corrected chi connectivity index (χ2v) is 11.0. The number of ether oxygens (including phenoxy) is 2. The molecule has 39 heavy (non-hydrogen) atoms. The molecule has 10 heteroatoms. The third-order valence-electron chi connectivity index (χ3n) is 6.61. The molecule has 1 aliphatic heterocycles. The van der Waals surface area contributed by atoms with Crippen molar-refractivity contribution in [1.82, 2.24) is 9.13 Å². The molecule has 0 fully saturated rings. The topological polar surface area (TPSA) is 91.9 Å². The molecular formula is C29H27N3O5S2. The highest BCUT2D eigenvalue weighted by Gasteiger charge is 2.34. The number of rotatable bonds is 6. The van der Waals surface area contributed by atoms with E-state index in [0.717, 1.165) is 27.5 Å². The molecule has 0 unspecified atom stereocenters. The minimum atomic E-state index is -0.601. The Morgan fingerprint density at radius 3 is 2.59 bits per heavy atom. The van der Waals surface area contributed by atoms with Gasteiger partial charge in [0.25, 0.3) is 5.56 Å². The number of fused-ring (bicyclic) bond motifs is 1. The van der Waals surface area contributed by atoms with Gasteiger partial charge in [0.1, 0.15) is 6.04 Å². The Hall–Kier alpha value is -4.02. The molecule has 1 aromatic carbocycles. The molecule has 200 valence electrons. The molecule has 0 radical (unpaired) electrons. The number of carbonyl (C=O) groups excluding carboxylic acids is 2. The van der Waals surface area contributed by atoms with E-state index < -0.39 is 18.0 Å². The van der Waals surface area contributed by atoms with Gasteiger partial charge in [0.15, 0.2) is 4.80 Å². The summed E-state index contributed by atoms with van der Waals surface area (Å²) in [4.78, 5) is 44.9. The van der Waals surface area contributed by atoms with Crippen molar-refractivity contribution >= 4 is 40.7 Å². The second kappa shape index (κ2) is 10.6. The summed E-state index contributed by atoms with van der Waals surface area (Å²) in [5, 5.41) is 1.92. The van der Waals surface area contributed by atoms with Crippen molar-refractivity contribution in [3.05, 3.63) is 106 Å². The summed E-state index contributed by atoms with van der Waals surface area (Å²) in [6.45, 7) is 7.71. The smallest absolute Gasteiger partial charge is 0.338 e. The number of thiophene rings is 1. The number of thiazole rings is 1. The Morgan fingerprint density at radius 2 is 1.90 bits per heavy atom. The van der Waals surface area contributed by atoms with E-state index in [1.165, 1.54) is 29.8 Å². The molecule has 0 bridgehead atoms. The van der Waals surface area contributed by atoms with Crippen LogP contribution in [0.15, 0.2) is 68.9 Å². The van der Waals surface area contributed by atoms with Gasteiger partial charge < -0.3 is 14.0 Å². The number of benzene rings is 1. The maximum atomic E-state index is 13.8. The third kappa shape index (κ3) is 4.70. The van der Waals surface area contributed by atoms with E-state index >= 15 is 0 Å². The molecule has 0 saturated heterocycles. The van der Waals surface area contributed by atoms with Gasteiger partial charge in [-0.3, -0.25) is 9.36 Å². The lowest BCUT2D eigenvalue weighted by atomic mass is 10.0. The number of aromatic nitrogens is 2. The lowest BCUT2D eigenvalue weighted by Gasteiger charge is -2.23. The normalized spacial score (nSPS) is 15.2. The van der Waals surface area contributed by atoms with Gasteiger partial charge in [0, 0.05) is 22.0 Å². The lowest BCUT2D eigenvalue weighted by molar-refractivity contribution is -0.139. The standard InChI is InChI=1S/C29H27N3O5S2/c1-6-37-28(35)24-17(3)30-29-32(25(24)22-11-8-12-38-22)26(33)23(39-29)15-20-13-16(2)31(18(20)4)21-10-7-9-19(14-21)27(34)36-5/h7-15,25H,6H2,1-5H3/b23-15+/t25-/m0/s1. The number of carbonyl (C=O) groups is 2. The van der Waals surface area contributed by atoms with E-state index in [0.29, 0.717) is 26.2 Å². The average Bonchev–Trinajstić information content (AvgIpc) is 3.62. The van der Waals surface area contributed by atoms with Crippen LogP contribution in [0.1, 0.15) is 52.1 Å². The fraction of sp³-hybridized carbons (Fsp3) is 0.241. The largest absolute Gasteiger partial charge is 0.465 e. The highest BCUT2D eigenvalue weighted by molar-refractivity contribution is 7.10. The fourth-order valence-corrected chi connectivity index (χ4v) is 6.73. The monoisotopic (exact) mass is 561 g/mol. The Kier molecular flexibility index (Phi) is 7.24. The molecule has 1 aliphatic rings. The zero-order valence-electron chi connectivity index (χ0n) is 22.2. The van der Waals surface area contributed by atoms with Crippen LogP contribution >= 0.6 is 22.7 Å². The Morgan fingerprint density at radius 1 is 1.10 bits per heavy atom. The predicted octanol–water partition coefficient (Wildman–Crippen LogP) is 4.05. The molecule has 3 aromatic heterocycles. The van der Waals surface area contributed by atoms with Crippen LogP contribution in [-0.2, 0) is 14.3 Å². The van der Waals surface area contributed by atoms with Gasteiger partial charge in [-0.25, -0.2) is 14.6 Å². The minimum absolute atomic E-state index is 0.219. The fourth-order valence-electron chi connectivity index (χ4n) is 4.87. The number of methoxy groups -OCH3 is 1. The molecule has 0 saturated carbocycles. The van der Waals surface area contributed by atoms with E-state index in [9.17, 15) is 14.4 Å². The van der Waals surface area contributed by atoms with Gasteiger partial charge in [-0.1, -0.05) is 23.5 Å². The number of nitrogens with zero attached hydrogens (tertiary/aromatic N) is 3. The number of aryl methyl sites for hydroxylation is 1. The maximum absolute atomic E-state index is 13.8. The Bertz CT molecular complexity index is 1810. The van der Waals surface area contributed by atoms with Crippen molar-refractivity contribution in [2.75, 3.05) is 13.7 Å². The van der Waals surface area contributed by atoms with Gasteiger partial charge in [-0.2, -0.15) is 0 Å². The van der Waals surface area contributed by atoms with Gasteiger partial charge >= 0.3 is 11.9 Å². The zero-order valence-corrected chi connectivity index (χ0v) is 23.8. The molecule has 1 atom stereocenters. The second-order valence-electron chi connectivity index (χ2n) is 9.02. The molecule has 0 N–H and O–H groups in total. The Balaban J connectivity index is 1.65. The molecule has 0 aliphatic carbocycles. The molecular weight excluding hydrogens is 534 g/mol. The first-order chi connectivity index (χ1) is 18.7. The molecule has 8 nitrogen and oxygen atoms in total. The SMILES string of the molecule is CCOC(=O)C1=C(C)N=c2s/c(=C/c3cc(C)n(-c4cccc(C(=O)OC)c4)c3C)c(=O)n2[C@H]1c1cccs1. The molecule has 4 aromatic rings. The van der Waals surface area contributed by atoms with E-state index in [2.05, 4.69) is 4.99 Å². The first kappa shape index (κ1) is 26.6. The minimum Gasteiger partial charge on any atom is -0.465 e. The van der Waals surface area contributed by atoms with Crippen LogP contribution in [0.4, 0.5) is 0 Å². The number of esters is 2. The van der Waals surface area contributed by atoms with Crippen LogP contribution < -0.4 is 14.9 Å². The van der Waals surface area contributed by atoms with Crippen molar-refractivity contribution in [2.45, 2.75) is 33.7 Å². The summed E-state index contributed by atoms with van der Waals surface area (Å²) in [6.07, 6.45) is 1.86. The highest BCUT2D eigenvalue weighted by Crippen LogP contribution is 2.33. The lowest BCUT2D eigenvalue weighted by Crippen LogP contribution is -2.39. The predicted molar refractivity (Wildman–Crippen MR) is 151 cm³/mol. The summed E-state index contributed by atoms with van der Waals surface area (Å²) < 4.78 is 14.4. The quantitative estimate of drug-likeness (QED) is 0.331. The summed E-state index contributed by atoms with van der Waals surface area (Å²) >= 11 is 2.77. The van der Waals surface area contributed by atoms with E-state index in [1.54, 1.807) is 30.5 Å². The summed E-state index contributed by atoms with van der Waals surface area (Å²) in [5.74, 6) is -0.873. The van der Waals surface area contributed by atoms with Crippen LogP contribution in [0.5, 0.6) is 0 Å². The Labute approximate surface area is 232 Å². The first-order valence-electron chi connectivity index (χ1n) is 12.4. The van der Waals surface area contributed by atoms with Crippen molar-refractivity contribution in [1.29, 1.82) is 0 Å². The molecule has 0 spiro atoms. The van der Waals surface area contributed by atoms with E-state index in [1.807, 2.05) is 60.2 Å². The van der Waals surface area contributed by atoms with Gasteiger partial charge in [0.05, 0.1) is 35.1 Å². The summed E-state index contributed by atoms with van der Waals surface area (Å²) in [5.41, 5.74) is 4.72. The van der Waals surface area contributed by atoms with Crippen LogP contribution in [-0.4, -0.2) is 34.8 Å². The highest BCUT2D eigenvalue weighted by atomic mass is 32.1. The van der Waals surface area contributed by atoms with Gasteiger partial charge in [0.2, 0.25) is 0 Å². The zero-order chi connectivity index (χ0) is 27.8. The maximum Gasteiger partial charge on any atom is 0.338 e. The molecule has 4 heterocycles. The van der Waals surface area contributed by atoms with Crippen molar-refractivity contribution in [3.8, 4) is 5.69 Å². The number of hydrogen-bond donors (Lipinski definition) is 0. The summed E-state index contributed by atoms with van der Waals surface area (Å²) in [6, 6.07) is 12.4. The van der Waals surface area contributed by atoms with Crippen molar-refractivity contribution in [2.24, 2.45) is 4.99 Å². The number of allylic oxidation sites excluding steroid dienone is 1. The van der Waals surface area contributed by atoms with Crippen LogP contribution in [0.2, 0.25) is 0 Å². The van der Waals surface area contributed by atoms with Gasteiger partial charge in [-0.15, -0.1) is 11.3 Å². The van der Waals surface area contributed by atoms with Crippen LogP contribution in [0.3, 0.4) is 0 Å². The molecule has 0 amide bonds. The summed E-state index contributed by atoms with van der Waals surface area (Å²) in [7, 11) is 1.36. The number of hydrogen-bond acceptors (Lipinski definition) is 8. The van der Waals surface area contributed by atoms with E-state index in [-0.39, 0.29) is 12.2 Å². The van der Waals surface area contributed by atoms with E-state index in [4.69, 9.17) is 9.47 Å². The average molecular weight is 562 g/mol. The third-order valence-corrected chi connectivity index (χ3v) is 8.52. The van der Waals surface area contributed by atoms with Gasteiger partial charge in [-0.05, 0) is 75.0 Å². The molecule has 5 rings (SSSR count). The van der Waals surface area contributed by atoms with Crippen LogP contribution in [0.25, 0.3) is 11.8 Å².